The van der Waals surface area contributed by atoms with E-state index in [0.29, 0.717) is 0 Å². The van der Waals surface area contributed by atoms with E-state index in [4.69, 9.17) is 11.5 Å². The van der Waals surface area contributed by atoms with Crippen molar-refractivity contribution >= 4 is 28.1 Å². The van der Waals surface area contributed by atoms with Crippen LogP contribution in [0.2, 0.25) is 0 Å². The van der Waals surface area contributed by atoms with E-state index >= 15 is 0 Å². The van der Waals surface area contributed by atoms with Crippen molar-refractivity contribution in [3.63, 3.8) is 0 Å². The van der Waals surface area contributed by atoms with Crippen LogP contribution in [0.25, 0.3) is 5.69 Å². The molecule has 0 aliphatic rings. The van der Waals surface area contributed by atoms with Crippen molar-refractivity contribution in [1.29, 1.82) is 0 Å². The van der Waals surface area contributed by atoms with E-state index in [2.05, 4.69) is 31.2 Å². The molecule has 0 spiro atoms. The molecule has 1 aromatic carbocycles. The number of rotatable bonds is 3. The molecular weight excluding hydrogens is 296 g/mol. The van der Waals surface area contributed by atoms with E-state index in [1.165, 1.54) is 0 Å². The zero-order valence-electron chi connectivity index (χ0n) is 9.36. The molecule has 0 atom stereocenters. The van der Waals surface area contributed by atoms with Crippen LogP contribution in [0, 0.1) is 0 Å². The van der Waals surface area contributed by atoms with Gasteiger partial charge in [0.15, 0.2) is 0 Å². The number of hydrogen-bond donors (Lipinski definition) is 2. The molecule has 4 N–H and O–H groups in total. The van der Waals surface area contributed by atoms with Crippen molar-refractivity contribution in [2.75, 3.05) is 0 Å². The molecule has 0 radical (unpaired) electrons. The first-order valence-corrected chi connectivity index (χ1v) is 5.87. The number of nitrogens with zero attached hydrogens (tertiary/aromatic N) is 4. The van der Waals surface area contributed by atoms with E-state index in [1.54, 1.807) is 17.1 Å². The molecule has 0 saturated heterocycles. The third-order valence-electron chi connectivity index (χ3n) is 2.10. The summed E-state index contributed by atoms with van der Waals surface area (Å²) < 4.78 is 2.67. The van der Waals surface area contributed by atoms with Gasteiger partial charge in [0.2, 0.25) is 5.96 Å². The van der Waals surface area contributed by atoms with Gasteiger partial charge in [-0.1, -0.05) is 6.07 Å². The second-order valence-corrected chi connectivity index (χ2v) is 4.29. The first kappa shape index (κ1) is 12.3. The van der Waals surface area contributed by atoms with Crippen LogP contribution >= 0.6 is 15.9 Å². The van der Waals surface area contributed by atoms with Gasteiger partial charge >= 0.3 is 0 Å². The van der Waals surface area contributed by atoms with Gasteiger partial charge in [-0.3, -0.25) is 0 Å². The molecule has 92 valence electrons. The second-order valence-electron chi connectivity index (χ2n) is 3.43. The monoisotopic (exact) mass is 306 g/mol. The first-order chi connectivity index (χ1) is 8.66. The van der Waals surface area contributed by atoms with Crippen LogP contribution in [-0.4, -0.2) is 22.0 Å². The Morgan fingerprint density at radius 1 is 1.39 bits per heavy atom. The van der Waals surface area contributed by atoms with Gasteiger partial charge in [-0.25, -0.2) is 4.68 Å². The van der Waals surface area contributed by atoms with Gasteiger partial charge in [0.1, 0.15) is 0 Å². The Balaban J connectivity index is 2.26. The Morgan fingerprint density at radius 2 is 2.22 bits per heavy atom. The molecular formula is C11H11BrN6. The highest BCUT2D eigenvalue weighted by atomic mass is 79.9. The zero-order chi connectivity index (χ0) is 13.0. The fraction of sp³-hybridized carbons (Fsp3) is 0. The predicted octanol–water partition coefficient (Wildman–Crippen LogP) is 1.24. The minimum atomic E-state index is -0.0709. The highest BCUT2D eigenvalue weighted by molar-refractivity contribution is 9.10. The summed E-state index contributed by atoms with van der Waals surface area (Å²) in [6.07, 6.45) is 5.16. The average molecular weight is 307 g/mol. The van der Waals surface area contributed by atoms with Crippen molar-refractivity contribution in [2.24, 2.45) is 21.7 Å². The van der Waals surface area contributed by atoms with Gasteiger partial charge in [0.25, 0.3) is 0 Å². The summed E-state index contributed by atoms with van der Waals surface area (Å²) in [6.45, 7) is 0. The van der Waals surface area contributed by atoms with Crippen molar-refractivity contribution in [2.45, 2.75) is 0 Å². The van der Waals surface area contributed by atoms with E-state index in [1.807, 2.05) is 30.5 Å². The van der Waals surface area contributed by atoms with Crippen LogP contribution in [0.15, 0.2) is 51.3 Å². The lowest BCUT2D eigenvalue weighted by Gasteiger charge is -2.04. The summed E-state index contributed by atoms with van der Waals surface area (Å²) in [5.41, 5.74) is 12.2. The summed E-state index contributed by atoms with van der Waals surface area (Å²) in [5.74, 6) is -0.0709. The number of benzene rings is 1. The van der Waals surface area contributed by atoms with Gasteiger partial charge in [-0.05, 0) is 39.7 Å². The van der Waals surface area contributed by atoms with Crippen LogP contribution in [0.1, 0.15) is 5.56 Å². The molecule has 2 aromatic rings. The largest absolute Gasteiger partial charge is 0.369 e. The van der Waals surface area contributed by atoms with Crippen LogP contribution in [0.3, 0.4) is 0 Å². The molecule has 0 saturated carbocycles. The summed E-state index contributed by atoms with van der Waals surface area (Å²) in [7, 11) is 0. The number of hydrogen-bond acceptors (Lipinski definition) is 3. The molecule has 6 nitrogen and oxygen atoms in total. The lowest BCUT2D eigenvalue weighted by molar-refractivity contribution is 0.876. The van der Waals surface area contributed by atoms with Gasteiger partial charge in [-0.15, -0.1) is 5.10 Å². The van der Waals surface area contributed by atoms with E-state index in [0.717, 1.165) is 15.7 Å². The number of halogens is 1. The first-order valence-electron chi connectivity index (χ1n) is 5.08. The van der Waals surface area contributed by atoms with Gasteiger partial charge in [-0.2, -0.15) is 10.2 Å². The average Bonchev–Trinajstić information content (AvgIpc) is 2.82. The second kappa shape index (κ2) is 5.46. The van der Waals surface area contributed by atoms with Crippen molar-refractivity contribution < 1.29 is 0 Å². The standard InChI is InChI=1S/C11H11BrN6/c12-9-6-8(7-15-17-11(13)14)2-3-10(9)18-5-1-4-16-18/h1-7H,(H4,13,14,17). The maximum absolute atomic E-state index is 5.17. The Hall–Kier alpha value is -2.15. The van der Waals surface area contributed by atoms with Crippen molar-refractivity contribution in [3.05, 3.63) is 46.7 Å². The Kier molecular flexibility index (Phi) is 3.73. The molecule has 0 fully saturated rings. The Labute approximate surface area is 112 Å². The molecule has 0 unspecified atom stereocenters. The molecule has 0 aliphatic carbocycles. The van der Waals surface area contributed by atoms with Gasteiger partial charge in [0, 0.05) is 16.9 Å². The topological polar surface area (TPSA) is 94.6 Å². The lowest BCUT2D eigenvalue weighted by Crippen LogP contribution is -2.21. The SMILES string of the molecule is NC(N)=NN=Cc1ccc(-n2cccn2)c(Br)c1. The lowest BCUT2D eigenvalue weighted by atomic mass is 10.2. The third kappa shape index (κ3) is 2.95. The molecule has 0 aliphatic heterocycles. The maximum atomic E-state index is 5.17. The minimum absolute atomic E-state index is 0.0709. The van der Waals surface area contributed by atoms with E-state index in [-0.39, 0.29) is 5.96 Å². The summed E-state index contributed by atoms with van der Waals surface area (Å²) in [5, 5.41) is 11.4. The summed E-state index contributed by atoms with van der Waals surface area (Å²) >= 11 is 3.48. The molecule has 2 rings (SSSR count). The Morgan fingerprint density at radius 3 is 2.83 bits per heavy atom. The maximum Gasteiger partial charge on any atom is 0.211 e. The minimum Gasteiger partial charge on any atom is -0.369 e. The molecule has 18 heavy (non-hydrogen) atoms. The van der Waals surface area contributed by atoms with Crippen LogP contribution in [-0.2, 0) is 0 Å². The molecule has 7 heteroatoms. The van der Waals surface area contributed by atoms with Crippen molar-refractivity contribution in [3.8, 4) is 5.69 Å². The van der Waals surface area contributed by atoms with Crippen LogP contribution < -0.4 is 11.5 Å². The van der Waals surface area contributed by atoms with Gasteiger partial charge < -0.3 is 11.5 Å². The summed E-state index contributed by atoms with van der Waals surface area (Å²) in [4.78, 5) is 0. The molecule has 0 bridgehead atoms. The molecule has 0 amide bonds. The third-order valence-corrected chi connectivity index (χ3v) is 2.74. The van der Waals surface area contributed by atoms with Crippen LogP contribution in [0.4, 0.5) is 0 Å². The number of aromatic nitrogens is 2. The van der Waals surface area contributed by atoms with E-state index in [9.17, 15) is 0 Å². The normalized spacial score (nSPS) is 10.7. The molecule has 1 aromatic heterocycles. The Bertz CT molecular complexity index is 584. The fourth-order valence-corrected chi connectivity index (χ4v) is 1.94. The smallest absolute Gasteiger partial charge is 0.211 e. The highest BCUT2D eigenvalue weighted by Crippen LogP contribution is 2.21. The predicted molar refractivity (Wildman–Crippen MR) is 74.7 cm³/mol. The highest BCUT2D eigenvalue weighted by Gasteiger charge is 2.02. The van der Waals surface area contributed by atoms with Gasteiger partial charge in [0.05, 0.1) is 11.9 Å². The summed E-state index contributed by atoms with van der Waals surface area (Å²) in [6, 6.07) is 7.59. The quantitative estimate of drug-likeness (QED) is 0.507. The van der Waals surface area contributed by atoms with E-state index < -0.39 is 0 Å². The fourth-order valence-electron chi connectivity index (χ4n) is 1.36. The molecule has 1 heterocycles. The number of guanidine groups is 1. The number of nitrogens with two attached hydrogens (primary N) is 2. The zero-order valence-corrected chi connectivity index (χ0v) is 10.9. The van der Waals surface area contributed by atoms with Crippen molar-refractivity contribution in [1.82, 2.24) is 9.78 Å². The van der Waals surface area contributed by atoms with Crippen LogP contribution in [0.5, 0.6) is 0 Å².